The van der Waals surface area contributed by atoms with E-state index >= 15 is 0 Å². The minimum Gasteiger partial charge on any atom is -0.326 e. The minimum absolute atomic E-state index is 0.0824. The third-order valence-electron chi connectivity index (χ3n) is 2.82. The molecule has 0 saturated carbocycles. The van der Waals surface area contributed by atoms with Crippen LogP contribution in [0.3, 0.4) is 0 Å². The fourth-order valence-corrected chi connectivity index (χ4v) is 1.98. The Kier molecular flexibility index (Phi) is 5.71. The lowest BCUT2D eigenvalue weighted by Gasteiger charge is -2.05. The van der Waals surface area contributed by atoms with E-state index in [9.17, 15) is 4.79 Å². The average Bonchev–Trinajstić information content (AvgIpc) is 2.91. The number of hydrogen-bond acceptors (Lipinski definition) is 4. The fraction of sp³-hybridized carbons (Fsp3) is 0.357. The van der Waals surface area contributed by atoms with Crippen LogP contribution in [-0.2, 0) is 17.9 Å². The topological polar surface area (TPSA) is 71.8 Å². The molecule has 0 radical (unpaired) electrons. The average molecular weight is 308 g/mol. The van der Waals surface area contributed by atoms with E-state index in [1.54, 1.807) is 28.9 Å². The first-order valence-corrected chi connectivity index (χ1v) is 7.20. The zero-order valence-electron chi connectivity index (χ0n) is 11.8. The molecule has 0 aliphatic heterocycles. The molecule has 1 aromatic carbocycles. The molecule has 112 valence electrons. The summed E-state index contributed by atoms with van der Waals surface area (Å²) < 4.78 is 1.67. The zero-order valence-corrected chi connectivity index (χ0v) is 12.6. The zero-order chi connectivity index (χ0) is 15.1. The first kappa shape index (κ1) is 15.5. The monoisotopic (exact) mass is 307 g/mol. The lowest BCUT2D eigenvalue weighted by Crippen LogP contribution is -2.14. The van der Waals surface area contributed by atoms with Gasteiger partial charge in [-0.05, 0) is 24.7 Å². The molecule has 0 unspecified atom stereocenters. The van der Waals surface area contributed by atoms with Gasteiger partial charge in [-0.15, -0.1) is 5.10 Å². The second kappa shape index (κ2) is 7.75. The van der Waals surface area contributed by atoms with E-state index in [1.807, 2.05) is 13.1 Å². The van der Waals surface area contributed by atoms with E-state index in [0.29, 0.717) is 30.2 Å². The summed E-state index contributed by atoms with van der Waals surface area (Å²) in [5.74, 6) is -0.0824. The van der Waals surface area contributed by atoms with Gasteiger partial charge in [-0.2, -0.15) is 0 Å². The standard InChI is InChI=1S/C14H18ClN5O/c1-2-16-9-13-10-20(19-18-13)7-6-14(21)17-12-5-3-4-11(15)8-12/h3-5,8,10,16H,2,6-7,9H2,1H3,(H,17,21). The van der Waals surface area contributed by atoms with Crippen LogP contribution in [-0.4, -0.2) is 27.4 Å². The van der Waals surface area contributed by atoms with Crippen LogP contribution in [0, 0.1) is 0 Å². The Morgan fingerprint density at radius 1 is 1.43 bits per heavy atom. The third kappa shape index (κ3) is 5.17. The summed E-state index contributed by atoms with van der Waals surface area (Å²) in [6.45, 7) is 4.09. The van der Waals surface area contributed by atoms with Gasteiger partial charge in [0.15, 0.2) is 0 Å². The highest BCUT2D eigenvalue weighted by Gasteiger charge is 2.05. The first-order chi connectivity index (χ1) is 10.2. The normalized spacial score (nSPS) is 10.6. The van der Waals surface area contributed by atoms with Crippen molar-refractivity contribution in [3.05, 3.63) is 41.2 Å². The van der Waals surface area contributed by atoms with Crippen LogP contribution in [0.2, 0.25) is 5.02 Å². The molecule has 2 rings (SSSR count). The minimum atomic E-state index is -0.0824. The number of carbonyl (C=O) groups is 1. The number of nitrogens with one attached hydrogen (secondary N) is 2. The van der Waals surface area contributed by atoms with Crippen LogP contribution in [0.25, 0.3) is 0 Å². The van der Waals surface area contributed by atoms with Crippen molar-refractivity contribution in [2.75, 3.05) is 11.9 Å². The van der Waals surface area contributed by atoms with Crippen LogP contribution < -0.4 is 10.6 Å². The predicted octanol–water partition coefficient (Wildman–Crippen LogP) is 2.07. The summed E-state index contributed by atoms with van der Waals surface area (Å²) in [5.41, 5.74) is 1.56. The van der Waals surface area contributed by atoms with E-state index in [1.165, 1.54) is 0 Å². The second-order valence-corrected chi connectivity index (χ2v) is 5.00. The number of benzene rings is 1. The van der Waals surface area contributed by atoms with Crippen LogP contribution >= 0.6 is 11.6 Å². The Labute approximate surface area is 128 Å². The molecule has 6 nitrogen and oxygen atoms in total. The molecule has 7 heteroatoms. The molecule has 2 aromatic rings. The number of aryl methyl sites for hydroxylation is 1. The van der Waals surface area contributed by atoms with E-state index in [0.717, 1.165) is 12.2 Å². The quantitative estimate of drug-likeness (QED) is 0.821. The molecule has 0 spiro atoms. The molecule has 0 aliphatic rings. The molecule has 1 heterocycles. The second-order valence-electron chi connectivity index (χ2n) is 4.56. The largest absolute Gasteiger partial charge is 0.326 e. The van der Waals surface area contributed by atoms with Crippen molar-refractivity contribution in [1.82, 2.24) is 20.3 Å². The van der Waals surface area contributed by atoms with Crippen LogP contribution in [0.5, 0.6) is 0 Å². The highest BCUT2D eigenvalue weighted by Crippen LogP contribution is 2.15. The van der Waals surface area contributed by atoms with Crippen LogP contribution in [0.4, 0.5) is 5.69 Å². The van der Waals surface area contributed by atoms with E-state index < -0.39 is 0 Å². The number of nitrogens with zero attached hydrogens (tertiary/aromatic N) is 3. The molecule has 0 saturated heterocycles. The Morgan fingerprint density at radius 2 is 2.29 bits per heavy atom. The molecule has 0 bridgehead atoms. The van der Waals surface area contributed by atoms with Crippen LogP contribution in [0.15, 0.2) is 30.5 Å². The lowest BCUT2D eigenvalue weighted by atomic mass is 10.3. The van der Waals surface area contributed by atoms with Gasteiger partial charge in [0.2, 0.25) is 5.91 Å². The molecule has 21 heavy (non-hydrogen) atoms. The maximum absolute atomic E-state index is 11.8. The van der Waals surface area contributed by atoms with Gasteiger partial charge in [-0.25, -0.2) is 0 Å². The number of anilines is 1. The summed E-state index contributed by atoms with van der Waals surface area (Å²) in [5, 5.41) is 14.6. The number of amides is 1. The van der Waals surface area contributed by atoms with E-state index in [4.69, 9.17) is 11.6 Å². The Bertz CT molecular complexity index is 599. The van der Waals surface area contributed by atoms with Crippen molar-refractivity contribution < 1.29 is 4.79 Å². The smallest absolute Gasteiger partial charge is 0.226 e. The Hall–Kier alpha value is -1.92. The third-order valence-corrected chi connectivity index (χ3v) is 3.05. The molecule has 0 atom stereocenters. The predicted molar refractivity (Wildman–Crippen MR) is 82.1 cm³/mol. The number of halogens is 1. The highest BCUT2D eigenvalue weighted by atomic mass is 35.5. The molecule has 2 N–H and O–H groups in total. The summed E-state index contributed by atoms with van der Waals surface area (Å²) in [6.07, 6.45) is 2.17. The summed E-state index contributed by atoms with van der Waals surface area (Å²) in [4.78, 5) is 11.8. The summed E-state index contributed by atoms with van der Waals surface area (Å²) in [6, 6.07) is 7.07. The number of aromatic nitrogens is 3. The van der Waals surface area contributed by atoms with Crippen molar-refractivity contribution in [2.45, 2.75) is 26.4 Å². The van der Waals surface area contributed by atoms with Crippen LogP contribution in [0.1, 0.15) is 19.0 Å². The van der Waals surface area contributed by atoms with Gasteiger partial charge in [-0.3, -0.25) is 9.48 Å². The van der Waals surface area contributed by atoms with Crippen molar-refractivity contribution in [2.24, 2.45) is 0 Å². The maximum atomic E-state index is 11.8. The Balaban J connectivity index is 1.79. The maximum Gasteiger partial charge on any atom is 0.226 e. The van der Waals surface area contributed by atoms with Gasteiger partial charge in [-0.1, -0.05) is 29.8 Å². The SMILES string of the molecule is CCNCc1cn(CCC(=O)Nc2cccc(Cl)c2)nn1. The molecule has 1 aromatic heterocycles. The van der Waals surface area contributed by atoms with Gasteiger partial charge < -0.3 is 10.6 Å². The van der Waals surface area contributed by atoms with E-state index in [-0.39, 0.29) is 5.91 Å². The lowest BCUT2D eigenvalue weighted by molar-refractivity contribution is -0.116. The van der Waals surface area contributed by atoms with E-state index in [2.05, 4.69) is 20.9 Å². The highest BCUT2D eigenvalue weighted by molar-refractivity contribution is 6.30. The first-order valence-electron chi connectivity index (χ1n) is 6.82. The van der Waals surface area contributed by atoms with Crippen molar-refractivity contribution in [3.8, 4) is 0 Å². The fourth-order valence-electron chi connectivity index (χ4n) is 1.79. The number of carbonyl (C=O) groups excluding carboxylic acids is 1. The van der Waals surface area contributed by atoms with Crippen molar-refractivity contribution in [3.63, 3.8) is 0 Å². The van der Waals surface area contributed by atoms with Crippen molar-refractivity contribution in [1.29, 1.82) is 0 Å². The summed E-state index contributed by atoms with van der Waals surface area (Å²) >= 11 is 5.87. The van der Waals surface area contributed by atoms with Gasteiger partial charge >= 0.3 is 0 Å². The number of hydrogen-bond donors (Lipinski definition) is 2. The van der Waals surface area contributed by atoms with Gasteiger partial charge in [0.05, 0.1) is 12.2 Å². The van der Waals surface area contributed by atoms with Crippen molar-refractivity contribution >= 4 is 23.2 Å². The number of rotatable bonds is 7. The van der Waals surface area contributed by atoms with Gasteiger partial charge in [0, 0.05) is 29.9 Å². The molecule has 1 amide bonds. The molecular formula is C14H18ClN5O. The molecular weight excluding hydrogens is 290 g/mol. The van der Waals surface area contributed by atoms with Gasteiger partial charge in [0.25, 0.3) is 0 Å². The molecule has 0 aliphatic carbocycles. The summed E-state index contributed by atoms with van der Waals surface area (Å²) in [7, 11) is 0. The van der Waals surface area contributed by atoms with Gasteiger partial charge in [0.1, 0.15) is 0 Å². The Morgan fingerprint density at radius 3 is 3.05 bits per heavy atom. The molecule has 0 fully saturated rings.